The average Bonchev–Trinajstić information content (AvgIpc) is 2.47. The van der Waals surface area contributed by atoms with Gasteiger partial charge >= 0.3 is 0 Å². The molecule has 1 heterocycles. The molecule has 0 aliphatic carbocycles. The summed E-state index contributed by atoms with van der Waals surface area (Å²) in [6.07, 6.45) is 5.23. The fourth-order valence-corrected chi connectivity index (χ4v) is 3.89. The molecule has 20 heavy (non-hydrogen) atoms. The highest BCUT2D eigenvalue weighted by Gasteiger charge is 2.31. The lowest BCUT2D eigenvalue weighted by atomic mass is 9.74. The molecule has 2 rings (SSSR count). The molecule has 1 aromatic rings. The summed E-state index contributed by atoms with van der Waals surface area (Å²) < 4.78 is 1.17. The molecule has 0 spiro atoms. The first-order valence-electron chi connectivity index (χ1n) is 7.81. The fourth-order valence-electron chi connectivity index (χ4n) is 3.24. The number of nitrogens with zero attached hydrogens (tertiary/aromatic N) is 1. The van der Waals surface area contributed by atoms with E-state index in [2.05, 4.69) is 52.9 Å². The van der Waals surface area contributed by atoms with Gasteiger partial charge in [0.1, 0.15) is 0 Å². The van der Waals surface area contributed by atoms with Crippen molar-refractivity contribution < 1.29 is 0 Å². The van der Waals surface area contributed by atoms with Gasteiger partial charge in [0, 0.05) is 23.6 Å². The third kappa shape index (κ3) is 3.20. The summed E-state index contributed by atoms with van der Waals surface area (Å²) in [4.78, 5) is 2.51. The predicted molar refractivity (Wildman–Crippen MR) is 91.2 cm³/mol. The molecule has 3 heteroatoms. The van der Waals surface area contributed by atoms with Crippen molar-refractivity contribution in [1.29, 1.82) is 0 Å². The fraction of sp³-hybridized carbons (Fsp3) is 0.647. The summed E-state index contributed by atoms with van der Waals surface area (Å²) in [5, 5.41) is 0. The van der Waals surface area contributed by atoms with E-state index in [1.807, 2.05) is 6.92 Å². The lowest BCUT2D eigenvalue weighted by Crippen LogP contribution is -2.39. The van der Waals surface area contributed by atoms with Crippen molar-refractivity contribution in [2.75, 3.05) is 18.0 Å². The van der Waals surface area contributed by atoms with Crippen LogP contribution in [0.4, 0.5) is 5.69 Å². The van der Waals surface area contributed by atoms with Gasteiger partial charge in [-0.25, -0.2) is 0 Å². The first kappa shape index (κ1) is 15.8. The van der Waals surface area contributed by atoms with E-state index < -0.39 is 0 Å². The molecule has 0 unspecified atom stereocenters. The van der Waals surface area contributed by atoms with Gasteiger partial charge in [0.05, 0.1) is 5.69 Å². The molecule has 0 bridgehead atoms. The highest BCUT2D eigenvalue weighted by Crippen LogP contribution is 2.40. The lowest BCUT2D eigenvalue weighted by Gasteiger charge is -2.42. The van der Waals surface area contributed by atoms with Gasteiger partial charge in [0.25, 0.3) is 0 Å². The number of rotatable bonds is 4. The van der Waals surface area contributed by atoms with Gasteiger partial charge in [-0.3, -0.25) is 0 Å². The van der Waals surface area contributed by atoms with Crippen LogP contribution in [0.1, 0.15) is 58.1 Å². The Bertz CT molecular complexity index is 442. The number of hydrogen-bond donors (Lipinski definition) is 1. The number of piperidine rings is 1. The van der Waals surface area contributed by atoms with Gasteiger partial charge in [-0.2, -0.15) is 0 Å². The van der Waals surface area contributed by atoms with Crippen molar-refractivity contribution in [3.8, 4) is 0 Å². The number of anilines is 1. The molecule has 0 saturated carbocycles. The topological polar surface area (TPSA) is 29.3 Å². The third-order valence-corrected chi connectivity index (χ3v) is 5.80. The first-order chi connectivity index (χ1) is 9.51. The largest absolute Gasteiger partial charge is 0.371 e. The van der Waals surface area contributed by atoms with Crippen molar-refractivity contribution in [2.24, 2.45) is 11.1 Å². The molecule has 0 radical (unpaired) electrons. The molecule has 0 aromatic heterocycles. The normalized spacial score (nSPS) is 19.9. The van der Waals surface area contributed by atoms with Crippen LogP contribution in [-0.4, -0.2) is 13.1 Å². The maximum Gasteiger partial charge on any atom is 0.0510 e. The Morgan fingerprint density at radius 2 is 1.85 bits per heavy atom. The molecule has 112 valence electrons. The summed E-state index contributed by atoms with van der Waals surface area (Å²) >= 11 is 3.72. The van der Waals surface area contributed by atoms with Gasteiger partial charge in [0.2, 0.25) is 0 Å². The Morgan fingerprint density at radius 1 is 1.25 bits per heavy atom. The van der Waals surface area contributed by atoms with Gasteiger partial charge in [-0.1, -0.05) is 32.8 Å². The molecule has 1 fully saturated rings. The molecule has 1 aromatic carbocycles. The average molecular weight is 339 g/mol. The SMILES string of the molecule is CCC1(CC)CCN(c2ccc([C@@H](C)N)cc2Br)CC1. The van der Waals surface area contributed by atoms with E-state index >= 15 is 0 Å². The summed E-state index contributed by atoms with van der Waals surface area (Å²) in [5.41, 5.74) is 9.03. The number of benzene rings is 1. The minimum atomic E-state index is 0.0922. The van der Waals surface area contributed by atoms with Crippen LogP contribution in [-0.2, 0) is 0 Å². The quantitative estimate of drug-likeness (QED) is 0.847. The minimum Gasteiger partial charge on any atom is -0.371 e. The number of hydrogen-bond acceptors (Lipinski definition) is 2. The second-order valence-electron chi connectivity index (χ2n) is 6.19. The van der Waals surface area contributed by atoms with Gasteiger partial charge in [0.15, 0.2) is 0 Å². The van der Waals surface area contributed by atoms with E-state index in [1.54, 1.807) is 0 Å². The number of nitrogens with two attached hydrogens (primary N) is 1. The molecular formula is C17H27BrN2. The van der Waals surface area contributed by atoms with Crippen molar-refractivity contribution in [1.82, 2.24) is 0 Å². The Kier molecular flexibility index (Phi) is 5.14. The molecule has 1 aliphatic rings. The van der Waals surface area contributed by atoms with Crippen LogP contribution in [0.15, 0.2) is 22.7 Å². The van der Waals surface area contributed by atoms with Crippen LogP contribution in [0.3, 0.4) is 0 Å². The monoisotopic (exact) mass is 338 g/mol. The van der Waals surface area contributed by atoms with Crippen LogP contribution in [0.25, 0.3) is 0 Å². The molecule has 1 saturated heterocycles. The first-order valence-corrected chi connectivity index (χ1v) is 8.60. The maximum absolute atomic E-state index is 5.95. The van der Waals surface area contributed by atoms with E-state index in [-0.39, 0.29) is 6.04 Å². The molecule has 2 N–H and O–H groups in total. The Balaban J connectivity index is 2.11. The van der Waals surface area contributed by atoms with Gasteiger partial charge < -0.3 is 10.6 Å². The zero-order chi connectivity index (χ0) is 14.8. The minimum absolute atomic E-state index is 0.0922. The van der Waals surface area contributed by atoms with Crippen LogP contribution in [0.5, 0.6) is 0 Å². The highest BCUT2D eigenvalue weighted by molar-refractivity contribution is 9.10. The van der Waals surface area contributed by atoms with Crippen LogP contribution >= 0.6 is 15.9 Å². The second-order valence-corrected chi connectivity index (χ2v) is 7.05. The summed E-state index contributed by atoms with van der Waals surface area (Å²) in [6, 6.07) is 6.64. The van der Waals surface area contributed by atoms with Crippen molar-refractivity contribution in [3.05, 3.63) is 28.2 Å². The van der Waals surface area contributed by atoms with Crippen molar-refractivity contribution in [3.63, 3.8) is 0 Å². The lowest BCUT2D eigenvalue weighted by molar-refractivity contribution is 0.199. The highest BCUT2D eigenvalue weighted by atomic mass is 79.9. The summed E-state index contributed by atoms with van der Waals surface area (Å²) in [6.45, 7) is 9.04. The van der Waals surface area contributed by atoms with Crippen LogP contribution in [0.2, 0.25) is 0 Å². The van der Waals surface area contributed by atoms with Crippen LogP contribution < -0.4 is 10.6 Å². The standard InChI is InChI=1S/C17H27BrN2/c1-4-17(5-2)8-10-20(11-9-17)16-7-6-14(13(3)19)12-15(16)18/h6-7,12-13H,4-5,8-11,19H2,1-3H3/t13-/m1/s1. The molecular weight excluding hydrogens is 312 g/mol. The van der Waals surface area contributed by atoms with E-state index in [0.29, 0.717) is 5.41 Å². The van der Waals surface area contributed by atoms with E-state index in [1.165, 1.54) is 41.4 Å². The third-order valence-electron chi connectivity index (χ3n) is 5.16. The number of halogens is 1. The molecule has 1 aliphatic heterocycles. The van der Waals surface area contributed by atoms with E-state index in [9.17, 15) is 0 Å². The van der Waals surface area contributed by atoms with E-state index in [4.69, 9.17) is 5.73 Å². The zero-order valence-corrected chi connectivity index (χ0v) is 14.5. The van der Waals surface area contributed by atoms with Crippen LogP contribution in [0, 0.1) is 5.41 Å². The smallest absolute Gasteiger partial charge is 0.0510 e. The zero-order valence-electron chi connectivity index (χ0n) is 13.0. The van der Waals surface area contributed by atoms with Crippen molar-refractivity contribution in [2.45, 2.75) is 52.5 Å². The van der Waals surface area contributed by atoms with Crippen molar-refractivity contribution >= 4 is 21.6 Å². The van der Waals surface area contributed by atoms with E-state index in [0.717, 1.165) is 13.1 Å². The second kappa shape index (κ2) is 6.48. The van der Waals surface area contributed by atoms with Gasteiger partial charge in [-0.05, 0) is 58.8 Å². The molecule has 1 atom stereocenters. The summed E-state index contributed by atoms with van der Waals surface area (Å²) in [5.74, 6) is 0. The molecule has 2 nitrogen and oxygen atoms in total. The Morgan fingerprint density at radius 3 is 2.30 bits per heavy atom. The Hall–Kier alpha value is -0.540. The Labute approximate surface area is 131 Å². The maximum atomic E-state index is 5.95. The molecule has 0 amide bonds. The summed E-state index contributed by atoms with van der Waals surface area (Å²) in [7, 11) is 0. The van der Waals surface area contributed by atoms with Gasteiger partial charge in [-0.15, -0.1) is 0 Å². The predicted octanol–water partition coefficient (Wildman–Crippen LogP) is 4.88.